The number of carbonyl (C=O) groups is 3. The molecular formula is C21H15Cl4NO5. The number of fused-ring (bicyclic) bond motifs is 3. The van der Waals surface area contributed by atoms with Crippen molar-refractivity contribution in [2.45, 2.75) is 12.8 Å². The third-order valence-electron chi connectivity index (χ3n) is 8.34. The molecule has 6 nitrogen and oxygen atoms in total. The van der Waals surface area contributed by atoms with Crippen molar-refractivity contribution < 1.29 is 24.0 Å². The number of hydroxylamine groups is 2. The molecule has 4 atom stereocenters. The molecular weight excluding hydrogens is 488 g/mol. The molecule has 0 radical (unpaired) electrons. The summed E-state index contributed by atoms with van der Waals surface area (Å²) in [4.78, 5) is 43.6. The van der Waals surface area contributed by atoms with Crippen LogP contribution in [0.2, 0.25) is 20.1 Å². The Labute approximate surface area is 197 Å². The Morgan fingerprint density at radius 1 is 1.00 bits per heavy atom. The number of halogens is 4. The number of imide groups is 1. The fourth-order valence-electron chi connectivity index (χ4n) is 7.45. The summed E-state index contributed by atoms with van der Waals surface area (Å²) in [6, 6.07) is 0. The van der Waals surface area contributed by atoms with Crippen LogP contribution in [0, 0.1) is 40.9 Å². The average Bonchev–Trinajstić information content (AvgIpc) is 2.99. The Balaban J connectivity index is 1.27. The van der Waals surface area contributed by atoms with Crippen LogP contribution >= 0.6 is 46.4 Å². The molecule has 6 rings (SSSR count). The largest absolute Gasteiger partial charge is 0.469 e. The van der Waals surface area contributed by atoms with Gasteiger partial charge in [-0.1, -0.05) is 58.0 Å². The molecule has 4 aliphatic carbocycles. The normalized spacial score (nSPS) is 37.6. The molecule has 4 fully saturated rings. The number of hydrogen-bond acceptors (Lipinski definition) is 5. The molecule has 1 aromatic rings. The molecule has 31 heavy (non-hydrogen) atoms. The van der Waals surface area contributed by atoms with Crippen LogP contribution in [0.25, 0.3) is 0 Å². The average molecular weight is 503 g/mol. The van der Waals surface area contributed by atoms with Crippen molar-refractivity contribution in [3.8, 4) is 0 Å². The Kier molecular flexibility index (Phi) is 3.97. The lowest BCUT2D eigenvalue weighted by Crippen LogP contribution is -2.91. The topological polar surface area (TPSA) is 72.9 Å². The van der Waals surface area contributed by atoms with Crippen LogP contribution in [0.4, 0.5) is 0 Å². The van der Waals surface area contributed by atoms with Gasteiger partial charge in [-0.3, -0.25) is 14.4 Å². The molecule has 0 N–H and O–H groups in total. The lowest BCUT2D eigenvalue weighted by atomic mass is 9.10. The number of rotatable bonds is 5. The highest BCUT2D eigenvalue weighted by Crippen LogP contribution is 2.94. The Bertz CT molecular complexity index is 1080. The van der Waals surface area contributed by atoms with Gasteiger partial charge in [0.05, 0.1) is 38.3 Å². The highest BCUT2D eigenvalue weighted by molar-refractivity contribution is 6.55. The van der Waals surface area contributed by atoms with E-state index in [0.717, 1.165) is 6.42 Å². The molecule has 1 aromatic carbocycles. The quantitative estimate of drug-likeness (QED) is 0.185. The smallest absolute Gasteiger partial charge is 0.305 e. The maximum absolute atomic E-state index is 13.0. The fraction of sp³-hybridized carbons (Fsp3) is 0.476. The van der Waals surface area contributed by atoms with Crippen LogP contribution in [-0.2, 0) is 14.4 Å². The second kappa shape index (κ2) is 6.10. The van der Waals surface area contributed by atoms with Crippen LogP contribution in [0.3, 0.4) is 0 Å². The van der Waals surface area contributed by atoms with Crippen LogP contribution in [0.15, 0.2) is 12.3 Å². The van der Waals surface area contributed by atoms with Crippen molar-refractivity contribution in [1.29, 1.82) is 0 Å². The molecule has 0 spiro atoms. The van der Waals surface area contributed by atoms with E-state index in [1.165, 1.54) is 7.11 Å². The van der Waals surface area contributed by atoms with E-state index < -0.39 is 11.8 Å². The van der Waals surface area contributed by atoms with Crippen LogP contribution in [0.1, 0.15) is 33.6 Å². The van der Waals surface area contributed by atoms with E-state index in [1.807, 2.05) is 0 Å². The van der Waals surface area contributed by atoms with Crippen LogP contribution < -0.4 is 0 Å². The number of methoxy groups -OCH3 is 1. The Morgan fingerprint density at radius 3 is 2.00 bits per heavy atom. The molecule has 4 saturated carbocycles. The minimum absolute atomic E-state index is 0.0995. The molecule has 0 aromatic heterocycles. The van der Waals surface area contributed by atoms with E-state index in [9.17, 15) is 14.4 Å². The number of nitrogens with zero attached hydrogens (tertiary/aromatic N) is 1. The predicted octanol–water partition coefficient (Wildman–Crippen LogP) is 5.03. The highest BCUT2D eigenvalue weighted by atomic mass is 35.5. The first kappa shape index (κ1) is 20.2. The number of amides is 2. The second-order valence-corrected chi connectivity index (χ2v) is 10.5. The molecule has 162 valence electrons. The van der Waals surface area contributed by atoms with Gasteiger partial charge in [-0.25, -0.2) is 0 Å². The zero-order valence-corrected chi connectivity index (χ0v) is 19.1. The lowest BCUT2D eigenvalue weighted by Gasteiger charge is -2.93. The van der Waals surface area contributed by atoms with Crippen molar-refractivity contribution in [3.05, 3.63) is 43.6 Å². The zero-order valence-electron chi connectivity index (χ0n) is 16.1. The summed E-state index contributed by atoms with van der Waals surface area (Å²) < 4.78 is 4.85. The minimum atomic E-state index is -0.761. The summed E-state index contributed by atoms with van der Waals surface area (Å²) in [5.41, 5.74) is -0.553. The van der Waals surface area contributed by atoms with Gasteiger partial charge in [0.15, 0.2) is 0 Å². The molecule has 1 aliphatic heterocycles. The van der Waals surface area contributed by atoms with Crippen LogP contribution in [-0.4, -0.2) is 30.0 Å². The number of hydrogen-bond donors (Lipinski definition) is 0. The first-order valence-electron chi connectivity index (χ1n) is 9.86. The SMILES string of the molecule is C=C(ON1C(=O)c2c(Cl)c(Cl)c(Cl)c(Cl)c2C1=O)C12C3C(CC(=O)OC)C1C1CC3C12. The van der Waals surface area contributed by atoms with Gasteiger partial charge in [-0.05, 0) is 41.9 Å². The first-order valence-corrected chi connectivity index (χ1v) is 11.4. The van der Waals surface area contributed by atoms with Gasteiger partial charge in [0.2, 0.25) is 0 Å². The maximum Gasteiger partial charge on any atom is 0.305 e. The Hall–Kier alpha value is -1.47. The lowest BCUT2D eigenvalue weighted by molar-refractivity contribution is -0.466. The van der Waals surface area contributed by atoms with Crippen LogP contribution in [0.5, 0.6) is 0 Å². The first-order chi connectivity index (χ1) is 14.7. The standard InChI is InChI=1S/C21H15Cl4NO5/c1-5(21-12-6-3-7(12)14(21)8(13(6)21)4-9(27)30-2)31-26-19(28)10-11(20(26)29)16(23)18(25)17(24)15(10)22/h6-8,12-14H,1,3-4H2,2H3. The summed E-state index contributed by atoms with van der Waals surface area (Å²) in [7, 11) is 1.39. The van der Waals surface area contributed by atoms with E-state index in [4.69, 9.17) is 56.0 Å². The number of allylic oxidation sites excluding steroid dienone is 1. The van der Waals surface area contributed by atoms with Crippen molar-refractivity contribution >= 4 is 64.2 Å². The second-order valence-electron chi connectivity index (χ2n) is 8.94. The number of ether oxygens (including phenoxy) is 1. The van der Waals surface area contributed by atoms with Gasteiger partial charge >= 0.3 is 5.97 Å². The fourth-order valence-corrected chi connectivity index (χ4v) is 8.47. The minimum Gasteiger partial charge on any atom is -0.469 e. The van der Waals surface area contributed by atoms with Gasteiger partial charge < -0.3 is 9.57 Å². The Morgan fingerprint density at radius 2 is 1.52 bits per heavy atom. The monoisotopic (exact) mass is 501 g/mol. The summed E-state index contributed by atoms with van der Waals surface area (Å²) >= 11 is 24.5. The zero-order chi connectivity index (χ0) is 22.1. The number of benzene rings is 1. The molecule has 4 unspecified atom stereocenters. The van der Waals surface area contributed by atoms with Crippen molar-refractivity contribution in [2.75, 3.05) is 7.11 Å². The molecule has 0 saturated heterocycles. The summed E-state index contributed by atoms with van der Waals surface area (Å²) in [6.45, 7) is 4.09. The summed E-state index contributed by atoms with van der Waals surface area (Å²) in [5.74, 6) is 0.878. The summed E-state index contributed by atoms with van der Waals surface area (Å²) in [5, 5.41) is 0.147. The van der Waals surface area contributed by atoms with Crippen molar-refractivity contribution in [1.82, 2.24) is 5.06 Å². The predicted molar refractivity (Wildman–Crippen MR) is 112 cm³/mol. The molecule has 2 amide bonds. The molecule has 1 heterocycles. The van der Waals surface area contributed by atoms with Gasteiger partial charge in [-0.15, -0.1) is 0 Å². The van der Waals surface area contributed by atoms with Gasteiger partial charge in [0.1, 0.15) is 5.76 Å². The van der Waals surface area contributed by atoms with Gasteiger partial charge in [0, 0.05) is 11.8 Å². The van der Waals surface area contributed by atoms with E-state index in [0.29, 0.717) is 35.0 Å². The van der Waals surface area contributed by atoms with E-state index in [2.05, 4.69) is 6.58 Å². The van der Waals surface area contributed by atoms with E-state index >= 15 is 0 Å². The van der Waals surface area contributed by atoms with Crippen molar-refractivity contribution in [2.24, 2.45) is 40.9 Å². The number of esters is 1. The molecule has 0 bridgehead atoms. The van der Waals surface area contributed by atoms with E-state index in [-0.39, 0.29) is 60.4 Å². The van der Waals surface area contributed by atoms with Crippen molar-refractivity contribution in [3.63, 3.8) is 0 Å². The van der Waals surface area contributed by atoms with E-state index in [1.54, 1.807) is 0 Å². The number of carbonyl (C=O) groups excluding carboxylic acids is 3. The highest BCUT2D eigenvalue weighted by Gasteiger charge is 2.92. The summed E-state index contributed by atoms with van der Waals surface area (Å²) in [6.07, 6.45) is 1.53. The maximum atomic E-state index is 13.0. The third kappa shape index (κ3) is 1.99. The molecule has 10 heteroatoms. The third-order valence-corrected chi connectivity index (χ3v) is 10.1. The van der Waals surface area contributed by atoms with Gasteiger partial charge in [0.25, 0.3) is 11.8 Å². The molecule has 5 aliphatic rings. The van der Waals surface area contributed by atoms with Gasteiger partial charge in [-0.2, -0.15) is 0 Å².